The Hall–Kier alpha value is -2.91. The van der Waals surface area contributed by atoms with Crippen LogP contribution < -0.4 is 10.1 Å². The SMILES string of the molecule is COc1ccc(CN(C(=O)CN(C)S(C)(=O)=O)C(C)C(=O)NCc2ccc(C)cc2)cc1. The number of carbonyl (C=O) groups is 2. The van der Waals surface area contributed by atoms with Gasteiger partial charge in [0.05, 0.1) is 19.9 Å². The first-order chi connectivity index (χ1) is 15.0. The summed E-state index contributed by atoms with van der Waals surface area (Å²) in [6.07, 6.45) is 1.03. The first-order valence-corrected chi connectivity index (χ1v) is 12.0. The lowest BCUT2D eigenvalue weighted by Crippen LogP contribution is -2.50. The highest BCUT2D eigenvalue weighted by Gasteiger charge is 2.28. The van der Waals surface area contributed by atoms with Gasteiger partial charge in [-0.3, -0.25) is 9.59 Å². The van der Waals surface area contributed by atoms with Crippen molar-refractivity contribution < 1.29 is 22.7 Å². The van der Waals surface area contributed by atoms with Crippen LogP contribution in [0.25, 0.3) is 0 Å². The maximum absolute atomic E-state index is 13.0. The van der Waals surface area contributed by atoms with E-state index in [1.807, 2.05) is 31.2 Å². The molecular weight excluding hydrogens is 430 g/mol. The van der Waals surface area contributed by atoms with Crippen LogP contribution in [0, 0.1) is 6.92 Å². The van der Waals surface area contributed by atoms with Gasteiger partial charge in [-0.15, -0.1) is 0 Å². The van der Waals surface area contributed by atoms with E-state index in [1.54, 1.807) is 38.3 Å². The number of carbonyl (C=O) groups excluding carboxylic acids is 2. The van der Waals surface area contributed by atoms with Gasteiger partial charge in [-0.2, -0.15) is 4.31 Å². The minimum absolute atomic E-state index is 0.152. The quantitative estimate of drug-likeness (QED) is 0.583. The normalized spacial score (nSPS) is 12.3. The van der Waals surface area contributed by atoms with Gasteiger partial charge in [0.15, 0.2) is 0 Å². The number of nitrogens with zero attached hydrogens (tertiary/aromatic N) is 2. The molecule has 2 aromatic carbocycles. The lowest BCUT2D eigenvalue weighted by molar-refractivity contribution is -0.140. The Bertz CT molecular complexity index is 1020. The van der Waals surface area contributed by atoms with Crippen LogP contribution in [0.3, 0.4) is 0 Å². The zero-order valence-corrected chi connectivity index (χ0v) is 20.0. The highest BCUT2D eigenvalue weighted by molar-refractivity contribution is 7.88. The van der Waals surface area contributed by atoms with Gasteiger partial charge in [0.1, 0.15) is 11.8 Å². The number of amides is 2. The van der Waals surface area contributed by atoms with E-state index in [0.29, 0.717) is 12.3 Å². The maximum atomic E-state index is 13.0. The van der Waals surface area contributed by atoms with E-state index in [-0.39, 0.29) is 19.0 Å². The van der Waals surface area contributed by atoms with Crippen LogP contribution in [-0.2, 0) is 32.7 Å². The number of hydrogen-bond acceptors (Lipinski definition) is 5. The number of sulfonamides is 1. The highest BCUT2D eigenvalue weighted by atomic mass is 32.2. The number of rotatable bonds is 10. The number of ether oxygens (including phenoxy) is 1. The van der Waals surface area contributed by atoms with Crippen molar-refractivity contribution in [1.29, 1.82) is 0 Å². The number of benzene rings is 2. The molecule has 0 aliphatic carbocycles. The fraction of sp³-hybridized carbons (Fsp3) is 0.391. The molecule has 174 valence electrons. The van der Waals surface area contributed by atoms with Crippen LogP contribution in [0.1, 0.15) is 23.6 Å². The van der Waals surface area contributed by atoms with Crippen molar-refractivity contribution in [3.63, 3.8) is 0 Å². The van der Waals surface area contributed by atoms with Gasteiger partial charge in [-0.1, -0.05) is 42.0 Å². The Labute approximate surface area is 190 Å². The largest absolute Gasteiger partial charge is 0.497 e. The molecule has 32 heavy (non-hydrogen) atoms. The molecule has 0 heterocycles. The van der Waals surface area contributed by atoms with Crippen molar-refractivity contribution in [2.75, 3.05) is 27.0 Å². The van der Waals surface area contributed by atoms with Crippen molar-refractivity contribution >= 4 is 21.8 Å². The van der Waals surface area contributed by atoms with Crippen LogP contribution in [-0.4, -0.2) is 62.4 Å². The van der Waals surface area contributed by atoms with Crippen LogP contribution in [0.2, 0.25) is 0 Å². The second-order valence-electron chi connectivity index (χ2n) is 7.77. The predicted molar refractivity (Wildman–Crippen MR) is 124 cm³/mol. The molecule has 0 bridgehead atoms. The van der Waals surface area contributed by atoms with E-state index >= 15 is 0 Å². The molecule has 0 aliphatic heterocycles. The Balaban J connectivity index is 2.17. The molecule has 8 nitrogen and oxygen atoms in total. The van der Waals surface area contributed by atoms with Gasteiger partial charge in [0, 0.05) is 20.1 Å². The topological polar surface area (TPSA) is 96.0 Å². The summed E-state index contributed by atoms with van der Waals surface area (Å²) < 4.78 is 29.7. The molecule has 2 aromatic rings. The van der Waals surface area contributed by atoms with Crippen LogP contribution in [0.4, 0.5) is 0 Å². The highest BCUT2D eigenvalue weighted by Crippen LogP contribution is 2.15. The molecule has 2 rings (SSSR count). The molecule has 0 aliphatic rings. The Morgan fingerprint density at radius 3 is 2.12 bits per heavy atom. The summed E-state index contributed by atoms with van der Waals surface area (Å²) in [5, 5.41) is 2.86. The monoisotopic (exact) mass is 461 g/mol. The van der Waals surface area contributed by atoms with Gasteiger partial charge in [0.2, 0.25) is 21.8 Å². The summed E-state index contributed by atoms with van der Waals surface area (Å²) >= 11 is 0. The van der Waals surface area contributed by atoms with Crippen molar-refractivity contribution in [3.8, 4) is 5.75 Å². The molecule has 0 fully saturated rings. The summed E-state index contributed by atoms with van der Waals surface area (Å²) in [6.45, 7) is 3.74. The van der Waals surface area contributed by atoms with Gasteiger partial charge in [-0.05, 0) is 37.1 Å². The second kappa shape index (κ2) is 11.1. The van der Waals surface area contributed by atoms with Crippen LogP contribution >= 0.6 is 0 Å². The summed E-state index contributed by atoms with van der Waals surface area (Å²) in [4.78, 5) is 27.2. The minimum Gasteiger partial charge on any atom is -0.497 e. The van der Waals surface area contributed by atoms with Gasteiger partial charge < -0.3 is 15.0 Å². The predicted octanol–water partition coefficient (Wildman–Crippen LogP) is 1.93. The van der Waals surface area contributed by atoms with Gasteiger partial charge in [-0.25, -0.2) is 8.42 Å². The van der Waals surface area contributed by atoms with Gasteiger partial charge >= 0.3 is 0 Å². The molecule has 0 radical (unpaired) electrons. The molecule has 1 unspecified atom stereocenters. The Kier molecular flexibility index (Phi) is 8.80. The first-order valence-electron chi connectivity index (χ1n) is 10.2. The van der Waals surface area contributed by atoms with E-state index < -0.39 is 22.0 Å². The number of likely N-dealkylation sites (N-methyl/N-ethyl adjacent to an activating group) is 1. The molecule has 0 aromatic heterocycles. The molecule has 1 N–H and O–H groups in total. The average Bonchev–Trinajstić information content (AvgIpc) is 2.76. The van der Waals surface area contributed by atoms with E-state index in [0.717, 1.165) is 27.3 Å². The maximum Gasteiger partial charge on any atom is 0.242 e. The van der Waals surface area contributed by atoms with Crippen molar-refractivity contribution in [2.45, 2.75) is 33.0 Å². The number of nitrogens with one attached hydrogen (secondary N) is 1. The van der Waals surface area contributed by atoms with Crippen LogP contribution in [0.5, 0.6) is 5.75 Å². The third-order valence-corrected chi connectivity index (χ3v) is 6.45. The lowest BCUT2D eigenvalue weighted by atomic mass is 10.1. The van der Waals surface area contributed by atoms with Gasteiger partial charge in [0.25, 0.3) is 0 Å². The molecular formula is C23H31N3O5S. The lowest BCUT2D eigenvalue weighted by Gasteiger charge is -2.30. The standard InChI is InChI=1S/C23H31N3O5S/c1-17-6-8-19(9-7-17)14-24-23(28)18(2)26(22(27)16-25(3)32(5,29)30)15-20-10-12-21(31-4)13-11-20/h6-13,18H,14-16H2,1-5H3,(H,24,28). The second-order valence-corrected chi connectivity index (χ2v) is 9.86. The van der Waals surface area contributed by atoms with E-state index in [4.69, 9.17) is 4.74 Å². The van der Waals surface area contributed by atoms with Crippen molar-refractivity contribution in [3.05, 3.63) is 65.2 Å². The van der Waals surface area contributed by atoms with Crippen molar-refractivity contribution in [1.82, 2.24) is 14.5 Å². The number of methoxy groups -OCH3 is 1. The number of hydrogen-bond donors (Lipinski definition) is 1. The van der Waals surface area contributed by atoms with E-state index in [2.05, 4.69) is 5.32 Å². The third kappa shape index (κ3) is 7.35. The smallest absolute Gasteiger partial charge is 0.242 e. The van der Waals surface area contributed by atoms with E-state index in [1.165, 1.54) is 11.9 Å². The third-order valence-electron chi connectivity index (χ3n) is 5.19. The average molecular weight is 462 g/mol. The Morgan fingerprint density at radius 2 is 1.59 bits per heavy atom. The van der Waals surface area contributed by atoms with Crippen LogP contribution in [0.15, 0.2) is 48.5 Å². The number of aryl methyl sites for hydroxylation is 1. The fourth-order valence-corrected chi connectivity index (χ4v) is 3.30. The molecule has 0 spiro atoms. The molecule has 9 heteroatoms. The van der Waals surface area contributed by atoms with E-state index in [9.17, 15) is 18.0 Å². The zero-order chi connectivity index (χ0) is 23.9. The first kappa shape index (κ1) is 25.4. The zero-order valence-electron chi connectivity index (χ0n) is 19.2. The summed E-state index contributed by atoms with van der Waals surface area (Å²) in [6, 6.07) is 14.1. The minimum atomic E-state index is -3.54. The molecule has 0 saturated carbocycles. The Morgan fingerprint density at radius 1 is 1.03 bits per heavy atom. The molecule has 2 amide bonds. The summed E-state index contributed by atoms with van der Waals surface area (Å²) in [7, 11) is -0.644. The fourth-order valence-electron chi connectivity index (χ4n) is 2.95. The molecule has 0 saturated heterocycles. The molecule has 1 atom stereocenters. The van der Waals surface area contributed by atoms with Crippen molar-refractivity contribution in [2.24, 2.45) is 0 Å². The summed E-state index contributed by atoms with van der Waals surface area (Å²) in [5.74, 6) is -0.117. The summed E-state index contributed by atoms with van der Waals surface area (Å²) in [5.41, 5.74) is 2.86.